The van der Waals surface area contributed by atoms with Crippen molar-refractivity contribution in [1.82, 2.24) is 5.32 Å². The molecule has 0 bridgehead atoms. The van der Waals surface area contributed by atoms with Crippen LogP contribution in [0.5, 0.6) is 0 Å². The van der Waals surface area contributed by atoms with Crippen LogP contribution in [0.15, 0.2) is 24.3 Å². The average Bonchev–Trinajstić information content (AvgIpc) is 3.48. The molecule has 79 heavy (non-hydrogen) atoms. The number of aliphatic hydroxyl groups is 8. The molecular weight excluding hydrogens is 1000 g/mol. The largest absolute Gasteiger partial charge is 0.394 e. The van der Waals surface area contributed by atoms with Gasteiger partial charge in [0.2, 0.25) is 5.91 Å². The topological polar surface area (TPSA) is 228 Å². The van der Waals surface area contributed by atoms with Crippen molar-refractivity contribution in [2.45, 2.75) is 364 Å². The normalized spacial score (nSPS) is 24.5. The van der Waals surface area contributed by atoms with Crippen LogP contribution in [-0.4, -0.2) is 140 Å². The maximum Gasteiger partial charge on any atom is 0.220 e. The molecule has 0 saturated carbocycles. The van der Waals surface area contributed by atoms with Crippen molar-refractivity contribution < 1.29 is 64.6 Å². The first-order valence-corrected chi connectivity index (χ1v) is 33.1. The van der Waals surface area contributed by atoms with Crippen LogP contribution in [0.2, 0.25) is 0 Å². The highest BCUT2D eigenvalue weighted by molar-refractivity contribution is 5.76. The molecule has 14 heteroatoms. The molecule has 0 aliphatic carbocycles. The second-order valence-corrected chi connectivity index (χ2v) is 23.6. The number of amides is 1. The van der Waals surface area contributed by atoms with Crippen molar-refractivity contribution in [3.63, 3.8) is 0 Å². The van der Waals surface area contributed by atoms with Gasteiger partial charge in [-0.25, -0.2) is 0 Å². The molecule has 2 rings (SSSR count). The Morgan fingerprint density at radius 3 is 1.24 bits per heavy atom. The molecule has 0 aromatic rings. The molecule has 466 valence electrons. The Labute approximate surface area is 481 Å². The number of carbonyl (C=O) groups excluding carboxylic acids is 1. The van der Waals surface area contributed by atoms with Gasteiger partial charge in [-0.1, -0.05) is 276 Å². The summed E-state index contributed by atoms with van der Waals surface area (Å²) < 4.78 is 22.8. The zero-order chi connectivity index (χ0) is 57.4. The number of nitrogens with one attached hydrogen (secondary N) is 1. The number of aliphatic hydroxyl groups excluding tert-OH is 8. The van der Waals surface area contributed by atoms with Gasteiger partial charge < -0.3 is 65.1 Å². The summed E-state index contributed by atoms with van der Waals surface area (Å²) >= 11 is 0. The van der Waals surface area contributed by atoms with Crippen LogP contribution in [0.1, 0.15) is 290 Å². The lowest BCUT2D eigenvalue weighted by molar-refractivity contribution is -0.359. The Morgan fingerprint density at radius 2 is 0.810 bits per heavy atom. The quantitative estimate of drug-likeness (QED) is 0.0204. The van der Waals surface area contributed by atoms with E-state index >= 15 is 0 Å². The fourth-order valence-corrected chi connectivity index (χ4v) is 11.1. The van der Waals surface area contributed by atoms with Crippen molar-refractivity contribution in [2.75, 3.05) is 19.8 Å². The Bertz CT molecular complexity index is 1420. The second-order valence-electron chi connectivity index (χ2n) is 23.6. The standard InChI is InChI=1S/C65H123NO13/c1-3-5-7-9-11-13-15-17-19-21-23-25-26-27-29-31-33-35-37-39-41-43-45-47-49-57(70)66-53(54(69)48-46-44-42-40-38-36-34-32-30-28-24-22-20-18-16-14-12-10-8-6-4-2)52-76-64-62(75)60(73)63(56(51-68)78-64)79-65-61(74)59(72)58(71)55(50-67)77-65/h38,40,46,48,53-56,58-65,67-69,71-75H,3-37,39,41-45,47,49-52H2,1-2H3,(H,66,70)/b40-38+,48-46+. The summed E-state index contributed by atoms with van der Waals surface area (Å²) in [5.74, 6) is -0.243. The van der Waals surface area contributed by atoms with E-state index in [1.165, 1.54) is 225 Å². The SMILES string of the molecule is CCCCCCCCCCCCCCCCC/C=C/CC/C=C/C(O)C(COC1OC(CO)C(OC2OC(CO)C(O)C(O)C2O)C(O)C1O)NC(=O)CCCCCCCCCCCCCCCCCCCCCCCCCC. The van der Waals surface area contributed by atoms with Gasteiger partial charge in [-0.05, 0) is 32.1 Å². The van der Waals surface area contributed by atoms with Gasteiger partial charge in [0.15, 0.2) is 12.6 Å². The number of rotatable bonds is 54. The number of ether oxygens (including phenoxy) is 4. The molecule has 2 aliphatic heterocycles. The lowest BCUT2D eigenvalue weighted by Gasteiger charge is -2.46. The highest BCUT2D eigenvalue weighted by Gasteiger charge is 2.51. The van der Waals surface area contributed by atoms with E-state index in [0.717, 1.165) is 32.1 Å². The fraction of sp³-hybridized carbons (Fsp3) is 0.923. The Morgan fingerprint density at radius 1 is 0.443 bits per heavy atom. The Hall–Kier alpha value is -1.53. The fourth-order valence-electron chi connectivity index (χ4n) is 11.1. The van der Waals surface area contributed by atoms with Gasteiger partial charge in [0.05, 0.1) is 32.0 Å². The first-order chi connectivity index (χ1) is 38.6. The van der Waals surface area contributed by atoms with Crippen LogP contribution >= 0.6 is 0 Å². The zero-order valence-corrected chi connectivity index (χ0v) is 50.4. The summed E-state index contributed by atoms with van der Waals surface area (Å²) in [5.41, 5.74) is 0. The first kappa shape index (κ1) is 73.6. The summed E-state index contributed by atoms with van der Waals surface area (Å²) in [6.07, 6.45) is 45.1. The van der Waals surface area contributed by atoms with Crippen LogP contribution in [-0.2, 0) is 23.7 Å². The molecule has 2 aliphatic rings. The van der Waals surface area contributed by atoms with Crippen molar-refractivity contribution in [3.05, 3.63) is 24.3 Å². The van der Waals surface area contributed by atoms with Gasteiger partial charge >= 0.3 is 0 Å². The van der Waals surface area contributed by atoms with Gasteiger partial charge in [-0.2, -0.15) is 0 Å². The number of unbranched alkanes of at least 4 members (excludes halogenated alkanes) is 39. The molecular formula is C65H123NO13. The lowest BCUT2D eigenvalue weighted by Crippen LogP contribution is -2.65. The van der Waals surface area contributed by atoms with Crippen LogP contribution in [0.4, 0.5) is 0 Å². The summed E-state index contributed by atoms with van der Waals surface area (Å²) in [5, 5.41) is 87.3. The van der Waals surface area contributed by atoms with Crippen LogP contribution in [0, 0.1) is 0 Å². The van der Waals surface area contributed by atoms with Gasteiger partial charge in [-0.15, -0.1) is 0 Å². The summed E-state index contributed by atoms with van der Waals surface area (Å²) in [6.45, 7) is 2.83. The highest BCUT2D eigenvalue weighted by atomic mass is 16.7. The van der Waals surface area contributed by atoms with Crippen molar-refractivity contribution in [1.29, 1.82) is 0 Å². The molecule has 2 heterocycles. The number of carbonyl (C=O) groups is 1. The van der Waals surface area contributed by atoms with E-state index in [9.17, 15) is 45.6 Å². The van der Waals surface area contributed by atoms with E-state index in [0.29, 0.717) is 12.8 Å². The maximum absolute atomic E-state index is 13.3. The van der Waals surface area contributed by atoms with E-state index in [1.54, 1.807) is 6.08 Å². The molecule has 0 radical (unpaired) electrons. The predicted molar refractivity (Wildman–Crippen MR) is 318 cm³/mol. The highest BCUT2D eigenvalue weighted by Crippen LogP contribution is 2.30. The van der Waals surface area contributed by atoms with E-state index in [1.807, 2.05) is 6.08 Å². The molecule has 2 saturated heterocycles. The molecule has 1 amide bonds. The molecule has 0 spiro atoms. The van der Waals surface area contributed by atoms with Crippen molar-refractivity contribution in [3.8, 4) is 0 Å². The van der Waals surface area contributed by atoms with E-state index in [4.69, 9.17) is 18.9 Å². The third-order valence-corrected chi connectivity index (χ3v) is 16.4. The molecule has 12 atom stereocenters. The molecule has 14 nitrogen and oxygen atoms in total. The minimum Gasteiger partial charge on any atom is -0.394 e. The van der Waals surface area contributed by atoms with E-state index < -0.39 is 86.8 Å². The third-order valence-electron chi connectivity index (χ3n) is 16.4. The minimum atomic E-state index is -1.79. The molecule has 12 unspecified atom stereocenters. The number of hydrogen-bond donors (Lipinski definition) is 9. The molecule has 0 aromatic carbocycles. The number of allylic oxidation sites excluding steroid dienone is 3. The molecule has 2 fully saturated rings. The number of hydrogen-bond acceptors (Lipinski definition) is 13. The zero-order valence-electron chi connectivity index (χ0n) is 50.4. The van der Waals surface area contributed by atoms with Crippen molar-refractivity contribution >= 4 is 5.91 Å². The van der Waals surface area contributed by atoms with Crippen LogP contribution in [0.25, 0.3) is 0 Å². The predicted octanol–water partition coefficient (Wildman–Crippen LogP) is 12.4. The van der Waals surface area contributed by atoms with Crippen LogP contribution < -0.4 is 5.32 Å². The summed E-state index contributed by atoms with van der Waals surface area (Å²) in [6, 6.07) is -0.928. The lowest BCUT2D eigenvalue weighted by atomic mass is 9.97. The summed E-state index contributed by atoms with van der Waals surface area (Å²) in [4.78, 5) is 13.3. The molecule has 0 aromatic heterocycles. The van der Waals surface area contributed by atoms with Gasteiger partial charge in [0, 0.05) is 6.42 Å². The van der Waals surface area contributed by atoms with Gasteiger partial charge in [-0.3, -0.25) is 4.79 Å². The van der Waals surface area contributed by atoms with Crippen LogP contribution in [0.3, 0.4) is 0 Å². The molecule has 9 N–H and O–H groups in total. The monoisotopic (exact) mass is 1130 g/mol. The van der Waals surface area contributed by atoms with Gasteiger partial charge in [0.1, 0.15) is 48.8 Å². The second kappa shape index (κ2) is 50.9. The van der Waals surface area contributed by atoms with Gasteiger partial charge in [0.25, 0.3) is 0 Å². The van der Waals surface area contributed by atoms with E-state index in [-0.39, 0.29) is 18.9 Å². The third kappa shape index (κ3) is 36.0. The average molecular weight is 1130 g/mol. The Balaban J connectivity index is 1.73. The van der Waals surface area contributed by atoms with E-state index in [2.05, 4.69) is 31.3 Å². The maximum atomic E-state index is 13.3. The van der Waals surface area contributed by atoms with Crippen molar-refractivity contribution in [2.24, 2.45) is 0 Å². The smallest absolute Gasteiger partial charge is 0.220 e. The summed E-state index contributed by atoms with van der Waals surface area (Å²) in [7, 11) is 0. The Kier molecular flexibility index (Phi) is 47.4. The minimum absolute atomic E-state index is 0.243. The first-order valence-electron chi connectivity index (χ1n) is 33.1.